The Kier molecular flexibility index (Phi) is 5.65. The van der Waals surface area contributed by atoms with Gasteiger partial charge in [-0.1, -0.05) is 35.0 Å². The first kappa shape index (κ1) is 21.1. The number of aliphatic hydroxyl groups is 1. The minimum Gasteiger partial charge on any atom is -0.484 e. The van der Waals surface area contributed by atoms with E-state index in [-0.39, 0.29) is 35.1 Å². The number of hydrogen-bond donors (Lipinski definition) is 1. The summed E-state index contributed by atoms with van der Waals surface area (Å²) in [6, 6.07) is 10.6. The van der Waals surface area contributed by atoms with Gasteiger partial charge in [-0.25, -0.2) is 4.90 Å². The lowest BCUT2D eigenvalue weighted by atomic mass is 10.1. The molecular formula is C22H20Cl2N2O4S. The van der Waals surface area contributed by atoms with Gasteiger partial charge in [-0.15, -0.1) is 0 Å². The molecule has 2 fully saturated rings. The fraction of sp³-hybridized carbons (Fsp3) is 0.364. The van der Waals surface area contributed by atoms with Crippen LogP contribution < -0.4 is 9.64 Å². The highest BCUT2D eigenvalue weighted by Crippen LogP contribution is 2.43. The van der Waals surface area contributed by atoms with Gasteiger partial charge in [0.2, 0.25) is 5.91 Å². The van der Waals surface area contributed by atoms with Gasteiger partial charge < -0.3 is 9.84 Å². The van der Waals surface area contributed by atoms with E-state index in [1.54, 1.807) is 30.3 Å². The molecule has 9 heteroatoms. The quantitative estimate of drug-likeness (QED) is 0.705. The van der Waals surface area contributed by atoms with E-state index in [1.165, 1.54) is 4.90 Å². The van der Waals surface area contributed by atoms with Crippen LogP contribution in [0.5, 0.6) is 5.75 Å². The van der Waals surface area contributed by atoms with Crippen molar-refractivity contribution in [2.75, 3.05) is 23.7 Å². The van der Waals surface area contributed by atoms with E-state index >= 15 is 0 Å². The molecule has 0 unspecified atom stereocenters. The summed E-state index contributed by atoms with van der Waals surface area (Å²) in [5.41, 5.74) is 2.50. The zero-order valence-corrected chi connectivity index (χ0v) is 18.8. The number of likely N-dealkylation sites (tertiary alicyclic amines) is 1. The summed E-state index contributed by atoms with van der Waals surface area (Å²) in [5, 5.41) is 11.0. The molecule has 31 heavy (non-hydrogen) atoms. The minimum atomic E-state index is -0.337. The Bertz CT molecular complexity index is 1030. The average Bonchev–Trinajstić information content (AvgIpc) is 3.41. The molecule has 2 heterocycles. The molecule has 2 saturated heterocycles. The molecule has 6 nitrogen and oxygen atoms in total. The van der Waals surface area contributed by atoms with Gasteiger partial charge in [0.15, 0.2) is 0 Å². The Hall–Kier alpha value is -1.77. The smallest absolute Gasteiger partial charge is 0.293 e. The SMILES string of the molecule is O=C1CSC(=O)N1c1ccc(O[C@H]2c3cc(Cl)cc(Cl)c3C[C@@H]2N2CC[C@@H](O)C2)cc1. The molecule has 2 aromatic carbocycles. The van der Waals surface area contributed by atoms with Crippen LogP contribution in [0.3, 0.4) is 0 Å². The first-order chi connectivity index (χ1) is 14.9. The number of thioether (sulfide) groups is 1. The number of fused-ring (bicyclic) bond motifs is 1. The summed E-state index contributed by atoms with van der Waals surface area (Å²) in [7, 11) is 0. The largest absolute Gasteiger partial charge is 0.484 e. The average molecular weight is 479 g/mol. The van der Waals surface area contributed by atoms with Gasteiger partial charge in [0.1, 0.15) is 11.9 Å². The van der Waals surface area contributed by atoms with Crippen molar-refractivity contribution in [3.05, 3.63) is 57.6 Å². The van der Waals surface area contributed by atoms with E-state index in [4.69, 9.17) is 27.9 Å². The lowest BCUT2D eigenvalue weighted by Gasteiger charge is -2.30. The van der Waals surface area contributed by atoms with Crippen LogP contribution in [0, 0.1) is 0 Å². The fourth-order valence-electron chi connectivity index (χ4n) is 4.57. The zero-order valence-electron chi connectivity index (χ0n) is 16.5. The Morgan fingerprint density at radius 2 is 1.90 bits per heavy atom. The van der Waals surface area contributed by atoms with Gasteiger partial charge in [0.05, 0.1) is 23.6 Å². The van der Waals surface area contributed by atoms with E-state index in [0.29, 0.717) is 28.0 Å². The third-order valence-corrected chi connectivity index (χ3v) is 7.41. The van der Waals surface area contributed by atoms with Crippen LogP contribution in [0.15, 0.2) is 36.4 Å². The molecule has 0 saturated carbocycles. The number of rotatable bonds is 4. The second-order valence-electron chi connectivity index (χ2n) is 7.98. The van der Waals surface area contributed by atoms with Gasteiger partial charge in [-0.2, -0.15) is 0 Å². The summed E-state index contributed by atoms with van der Waals surface area (Å²) in [4.78, 5) is 27.4. The Labute approximate surface area is 194 Å². The molecule has 0 bridgehead atoms. The molecule has 2 aromatic rings. The van der Waals surface area contributed by atoms with E-state index in [2.05, 4.69) is 4.90 Å². The number of ether oxygens (including phenoxy) is 1. The van der Waals surface area contributed by atoms with Crippen molar-refractivity contribution in [1.29, 1.82) is 0 Å². The molecule has 2 aliphatic heterocycles. The normalized spacial score (nSPS) is 26.0. The number of benzene rings is 2. The summed E-state index contributed by atoms with van der Waals surface area (Å²) in [5.74, 6) is 0.570. The topological polar surface area (TPSA) is 70.1 Å². The van der Waals surface area contributed by atoms with Gasteiger partial charge in [-0.3, -0.25) is 14.5 Å². The van der Waals surface area contributed by atoms with E-state index < -0.39 is 0 Å². The zero-order chi connectivity index (χ0) is 21.7. The molecule has 2 amide bonds. The fourth-order valence-corrected chi connectivity index (χ4v) is 5.87. The number of carbonyl (C=O) groups is 2. The van der Waals surface area contributed by atoms with Crippen LogP contribution in [0.2, 0.25) is 10.0 Å². The standard InChI is InChI=1S/C22H20Cl2N2O4S/c23-12-7-17-16(18(24)8-12)9-19(25-6-5-14(27)10-25)21(17)30-15-3-1-13(2-4-15)26-20(28)11-31-22(26)29/h1-4,7-8,14,19,21,27H,5-6,9-11H2/t14-,19+,21+/m1/s1. The van der Waals surface area contributed by atoms with Crippen molar-refractivity contribution in [3.8, 4) is 5.75 Å². The first-order valence-electron chi connectivity index (χ1n) is 10.1. The molecule has 1 N–H and O–H groups in total. The van der Waals surface area contributed by atoms with Crippen LogP contribution >= 0.6 is 35.0 Å². The van der Waals surface area contributed by atoms with Gasteiger partial charge >= 0.3 is 0 Å². The van der Waals surface area contributed by atoms with Crippen molar-refractivity contribution in [2.45, 2.75) is 31.1 Å². The highest BCUT2D eigenvalue weighted by molar-refractivity contribution is 8.15. The van der Waals surface area contributed by atoms with Crippen LogP contribution in [0.25, 0.3) is 0 Å². The summed E-state index contributed by atoms with van der Waals surface area (Å²) in [6.07, 6.45) is 0.817. The highest BCUT2D eigenvalue weighted by Gasteiger charge is 2.41. The van der Waals surface area contributed by atoms with Crippen LogP contribution in [0.1, 0.15) is 23.7 Å². The second-order valence-corrected chi connectivity index (χ2v) is 9.75. The number of nitrogens with zero attached hydrogens (tertiary/aromatic N) is 2. The summed E-state index contributed by atoms with van der Waals surface area (Å²) >= 11 is 13.8. The maximum absolute atomic E-state index is 12.0. The predicted molar refractivity (Wildman–Crippen MR) is 121 cm³/mol. The van der Waals surface area contributed by atoms with E-state index in [9.17, 15) is 14.7 Å². The molecule has 0 spiro atoms. The van der Waals surface area contributed by atoms with Crippen molar-refractivity contribution < 1.29 is 19.4 Å². The number of β-amino-alcohol motifs (C(OH)–C–C–N with tert-alkyl or cyclic N) is 1. The van der Waals surface area contributed by atoms with Crippen molar-refractivity contribution in [2.24, 2.45) is 0 Å². The van der Waals surface area contributed by atoms with Crippen molar-refractivity contribution in [3.63, 3.8) is 0 Å². The van der Waals surface area contributed by atoms with Crippen LogP contribution in [-0.4, -0.2) is 52.1 Å². The van der Waals surface area contributed by atoms with Gasteiger partial charge in [-0.05, 0) is 54.8 Å². The van der Waals surface area contributed by atoms with Gasteiger partial charge in [0.25, 0.3) is 5.24 Å². The number of aliphatic hydroxyl groups excluding tert-OH is 1. The number of imide groups is 1. The molecule has 0 radical (unpaired) electrons. The van der Waals surface area contributed by atoms with Gasteiger partial charge in [0, 0.05) is 28.7 Å². The summed E-state index contributed by atoms with van der Waals surface area (Å²) < 4.78 is 6.41. The maximum Gasteiger partial charge on any atom is 0.293 e. The molecule has 3 aliphatic rings. The number of anilines is 1. The molecule has 0 aromatic heterocycles. The Morgan fingerprint density at radius 3 is 2.55 bits per heavy atom. The Balaban J connectivity index is 1.43. The summed E-state index contributed by atoms with van der Waals surface area (Å²) in [6.45, 7) is 1.39. The minimum absolute atomic E-state index is 0.0286. The third-order valence-electron chi connectivity index (χ3n) is 6.04. The monoisotopic (exact) mass is 478 g/mol. The predicted octanol–water partition coefficient (Wildman–Crippen LogP) is 4.30. The number of amides is 2. The molecular weight excluding hydrogens is 459 g/mol. The van der Waals surface area contributed by atoms with E-state index in [0.717, 1.165) is 42.3 Å². The highest BCUT2D eigenvalue weighted by atomic mass is 35.5. The van der Waals surface area contributed by atoms with E-state index in [1.807, 2.05) is 6.07 Å². The maximum atomic E-state index is 12.0. The molecule has 3 atom stereocenters. The Morgan fingerprint density at radius 1 is 1.13 bits per heavy atom. The van der Waals surface area contributed by atoms with Crippen molar-refractivity contribution >= 4 is 51.8 Å². The molecule has 5 rings (SSSR count). The van der Waals surface area contributed by atoms with Crippen LogP contribution in [-0.2, 0) is 11.2 Å². The molecule has 162 valence electrons. The third kappa shape index (κ3) is 3.94. The second kappa shape index (κ2) is 8.30. The number of hydrogen-bond acceptors (Lipinski definition) is 6. The molecule has 1 aliphatic carbocycles. The first-order valence-corrected chi connectivity index (χ1v) is 11.8. The lowest BCUT2D eigenvalue weighted by Crippen LogP contribution is -2.39. The van der Waals surface area contributed by atoms with Crippen LogP contribution in [0.4, 0.5) is 10.5 Å². The number of halogens is 2. The van der Waals surface area contributed by atoms with Crippen molar-refractivity contribution in [1.82, 2.24) is 4.90 Å². The lowest BCUT2D eigenvalue weighted by molar-refractivity contribution is -0.115. The number of carbonyl (C=O) groups excluding carboxylic acids is 2.